The molecule has 0 unspecified atom stereocenters. The molecule has 3 rings (SSSR count). The largest absolute Gasteiger partial charge is 0.495 e. The van der Waals surface area contributed by atoms with Crippen molar-refractivity contribution in [3.05, 3.63) is 58.8 Å². The van der Waals surface area contributed by atoms with Gasteiger partial charge in [-0.3, -0.25) is 4.79 Å². The van der Waals surface area contributed by atoms with Crippen molar-refractivity contribution in [3.63, 3.8) is 0 Å². The fraction of sp³-hybridized carbons (Fsp3) is 0.158. The van der Waals surface area contributed by atoms with Crippen molar-refractivity contribution in [1.29, 1.82) is 0 Å². The number of methoxy groups -OCH3 is 1. The van der Waals surface area contributed by atoms with E-state index >= 15 is 0 Å². The van der Waals surface area contributed by atoms with Crippen LogP contribution in [-0.2, 0) is 9.53 Å². The average Bonchev–Trinajstić information content (AvgIpc) is 2.98. The Morgan fingerprint density at radius 1 is 1.15 bits per heavy atom. The quantitative estimate of drug-likeness (QED) is 0.678. The summed E-state index contributed by atoms with van der Waals surface area (Å²) in [7, 11) is 1.50. The van der Waals surface area contributed by atoms with E-state index in [1.807, 2.05) is 0 Å². The third-order valence-corrected chi connectivity index (χ3v) is 4.11. The number of aryl methyl sites for hydroxylation is 1. The summed E-state index contributed by atoms with van der Waals surface area (Å²) >= 11 is 6.07. The van der Waals surface area contributed by atoms with Crippen LogP contribution in [-0.4, -0.2) is 25.6 Å². The first-order chi connectivity index (χ1) is 12.5. The molecule has 0 atom stereocenters. The van der Waals surface area contributed by atoms with Crippen LogP contribution in [0.1, 0.15) is 16.1 Å². The number of amides is 1. The molecule has 1 N–H and O–H groups in total. The highest BCUT2D eigenvalue weighted by Crippen LogP contribution is 2.31. The molecule has 7 heteroatoms. The normalized spacial score (nSPS) is 10.6. The van der Waals surface area contributed by atoms with Crippen molar-refractivity contribution < 1.29 is 23.5 Å². The molecule has 0 aliphatic rings. The average molecular weight is 374 g/mol. The molecule has 0 saturated carbocycles. The number of furan rings is 1. The van der Waals surface area contributed by atoms with Crippen molar-refractivity contribution >= 4 is 40.1 Å². The number of halogens is 1. The van der Waals surface area contributed by atoms with Crippen LogP contribution in [0.2, 0.25) is 5.02 Å². The molecule has 1 heterocycles. The summed E-state index contributed by atoms with van der Waals surface area (Å²) < 4.78 is 15.7. The molecule has 0 bridgehead atoms. The Balaban J connectivity index is 1.68. The lowest BCUT2D eigenvalue weighted by Crippen LogP contribution is -2.21. The molecule has 2 aromatic carbocycles. The van der Waals surface area contributed by atoms with Gasteiger partial charge in [-0.15, -0.1) is 0 Å². The van der Waals surface area contributed by atoms with Gasteiger partial charge in [-0.2, -0.15) is 0 Å². The minimum atomic E-state index is -0.732. The Labute approximate surface area is 154 Å². The van der Waals surface area contributed by atoms with Crippen LogP contribution < -0.4 is 10.1 Å². The molecular weight excluding hydrogens is 358 g/mol. The minimum Gasteiger partial charge on any atom is -0.495 e. The number of anilines is 1. The molecule has 0 spiro atoms. The predicted molar refractivity (Wildman–Crippen MR) is 97.9 cm³/mol. The second-order valence-electron chi connectivity index (χ2n) is 5.50. The van der Waals surface area contributed by atoms with Crippen molar-refractivity contribution in [2.75, 3.05) is 19.0 Å². The van der Waals surface area contributed by atoms with Gasteiger partial charge in [-0.1, -0.05) is 35.9 Å². The van der Waals surface area contributed by atoms with Crippen LogP contribution in [0, 0.1) is 6.92 Å². The summed E-state index contributed by atoms with van der Waals surface area (Å²) in [5.41, 5.74) is 1.51. The van der Waals surface area contributed by atoms with Gasteiger partial charge in [0.25, 0.3) is 5.91 Å². The van der Waals surface area contributed by atoms with Gasteiger partial charge in [0.2, 0.25) is 5.76 Å². The fourth-order valence-corrected chi connectivity index (χ4v) is 2.75. The summed E-state index contributed by atoms with van der Waals surface area (Å²) in [5, 5.41) is 3.75. The van der Waals surface area contributed by atoms with Crippen molar-refractivity contribution in [3.8, 4) is 5.75 Å². The van der Waals surface area contributed by atoms with Gasteiger partial charge in [0.15, 0.2) is 12.2 Å². The van der Waals surface area contributed by atoms with Crippen LogP contribution in [0.15, 0.2) is 46.9 Å². The van der Waals surface area contributed by atoms with Crippen molar-refractivity contribution in [2.24, 2.45) is 0 Å². The van der Waals surface area contributed by atoms with Crippen LogP contribution in [0.4, 0.5) is 5.69 Å². The monoisotopic (exact) mass is 373 g/mol. The Bertz CT molecular complexity index is 979. The molecule has 134 valence electrons. The number of para-hydroxylation sites is 3. The van der Waals surface area contributed by atoms with Crippen LogP contribution in [0.5, 0.6) is 5.75 Å². The third kappa shape index (κ3) is 3.50. The van der Waals surface area contributed by atoms with E-state index in [-0.39, 0.29) is 5.76 Å². The molecule has 0 fully saturated rings. The number of nitrogens with one attached hydrogen (secondary N) is 1. The Morgan fingerprint density at radius 2 is 1.92 bits per heavy atom. The number of carbonyl (C=O) groups is 2. The number of hydrogen-bond donors (Lipinski definition) is 1. The fourth-order valence-electron chi connectivity index (χ4n) is 2.53. The lowest BCUT2D eigenvalue weighted by molar-refractivity contribution is -0.119. The highest BCUT2D eigenvalue weighted by Gasteiger charge is 2.21. The van der Waals surface area contributed by atoms with E-state index in [9.17, 15) is 9.59 Å². The summed E-state index contributed by atoms with van der Waals surface area (Å²) in [6.07, 6.45) is 0. The highest BCUT2D eigenvalue weighted by atomic mass is 35.5. The molecule has 0 aliphatic heterocycles. The van der Waals surface area contributed by atoms with Crippen molar-refractivity contribution in [2.45, 2.75) is 6.92 Å². The molecule has 3 aromatic rings. The van der Waals surface area contributed by atoms with Gasteiger partial charge in [0.05, 0.1) is 17.8 Å². The highest BCUT2D eigenvalue weighted by molar-refractivity contribution is 6.35. The lowest BCUT2D eigenvalue weighted by Gasteiger charge is -2.09. The number of ether oxygens (including phenoxy) is 2. The standard InChI is InChI=1S/C19H16ClNO5/c1-11-12-6-5-7-13(20)18(12)26-17(11)19(23)25-10-16(22)21-14-8-3-4-9-15(14)24-2/h3-9H,10H2,1-2H3,(H,21,22). The van der Waals surface area contributed by atoms with Gasteiger partial charge in [-0.25, -0.2) is 4.79 Å². The summed E-state index contributed by atoms with van der Waals surface area (Å²) in [6.45, 7) is 1.27. The first-order valence-corrected chi connectivity index (χ1v) is 8.16. The molecular formula is C19H16ClNO5. The maximum Gasteiger partial charge on any atom is 0.375 e. The van der Waals surface area contributed by atoms with Gasteiger partial charge in [0.1, 0.15) is 5.75 Å². The number of fused-ring (bicyclic) bond motifs is 1. The van der Waals surface area contributed by atoms with Crippen molar-refractivity contribution in [1.82, 2.24) is 0 Å². The number of esters is 1. The smallest absolute Gasteiger partial charge is 0.375 e. The first-order valence-electron chi connectivity index (χ1n) is 7.79. The summed E-state index contributed by atoms with van der Waals surface area (Å²) in [4.78, 5) is 24.3. The molecule has 0 saturated heterocycles. The second kappa shape index (κ2) is 7.49. The molecule has 6 nitrogen and oxygen atoms in total. The van der Waals surface area contributed by atoms with E-state index in [0.717, 1.165) is 5.39 Å². The maximum atomic E-state index is 12.3. The van der Waals surface area contributed by atoms with E-state index < -0.39 is 18.5 Å². The maximum absolute atomic E-state index is 12.3. The Hall–Kier alpha value is -2.99. The van der Waals surface area contributed by atoms with E-state index in [1.165, 1.54) is 7.11 Å². The molecule has 1 amide bonds. The zero-order chi connectivity index (χ0) is 18.7. The van der Waals surface area contributed by atoms with Crippen LogP contribution in [0.3, 0.4) is 0 Å². The first kappa shape index (κ1) is 17.8. The van der Waals surface area contributed by atoms with Gasteiger partial charge < -0.3 is 19.2 Å². The Morgan fingerprint density at radius 3 is 2.65 bits per heavy atom. The van der Waals surface area contributed by atoms with E-state index in [4.69, 9.17) is 25.5 Å². The van der Waals surface area contributed by atoms with E-state index in [0.29, 0.717) is 27.6 Å². The molecule has 0 radical (unpaired) electrons. The van der Waals surface area contributed by atoms with Crippen LogP contribution in [0.25, 0.3) is 11.0 Å². The van der Waals surface area contributed by atoms with Gasteiger partial charge in [-0.05, 0) is 25.1 Å². The number of benzene rings is 2. The summed E-state index contributed by atoms with van der Waals surface area (Å²) in [5.74, 6) is -0.687. The zero-order valence-electron chi connectivity index (χ0n) is 14.2. The minimum absolute atomic E-state index is 0.0261. The molecule has 26 heavy (non-hydrogen) atoms. The van der Waals surface area contributed by atoms with Gasteiger partial charge in [0, 0.05) is 10.9 Å². The zero-order valence-corrected chi connectivity index (χ0v) is 14.9. The van der Waals surface area contributed by atoms with E-state index in [2.05, 4.69) is 5.32 Å². The van der Waals surface area contributed by atoms with Gasteiger partial charge >= 0.3 is 5.97 Å². The predicted octanol–water partition coefficient (Wildman–Crippen LogP) is 4.20. The van der Waals surface area contributed by atoms with Crippen LogP contribution >= 0.6 is 11.6 Å². The lowest BCUT2D eigenvalue weighted by atomic mass is 10.1. The molecule has 0 aliphatic carbocycles. The SMILES string of the molecule is COc1ccccc1NC(=O)COC(=O)c1oc2c(Cl)cccc2c1C. The number of carbonyl (C=O) groups excluding carboxylic acids is 2. The summed E-state index contributed by atoms with van der Waals surface area (Å²) in [6, 6.07) is 12.2. The Kier molecular flexibility index (Phi) is 5.14. The molecule has 1 aromatic heterocycles. The van der Waals surface area contributed by atoms with E-state index in [1.54, 1.807) is 49.4 Å². The number of rotatable bonds is 5. The second-order valence-corrected chi connectivity index (χ2v) is 5.90. The topological polar surface area (TPSA) is 77.8 Å². The third-order valence-electron chi connectivity index (χ3n) is 3.82. The number of hydrogen-bond acceptors (Lipinski definition) is 5.